The number of carbonyl (C=O) groups is 3. The molecule has 4 heterocycles. The summed E-state index contributed by atoms with van der Waals surface area (Å²) in [4.78, 5) is 60.8. The van der Waals surface area contributed by atoms with Gasteiger partial charge < -0.3 is 34.6 Å². The molecule has 5 aliphatic rings. The highest BCUT2D eigenvalue weighted by Gasteiger charge is 2.50. The van der Waals surface area contributed by atoms with E-state index in [4.69, 9.17) is 19.4 Å². The topological polar surface area (TPSA) is 146 Å². The number of H-pyrrole nitrogens is 2. The Hall–Kier alpha value is -4.97. The van der Waals surface area contributed by atoms with Crippen molar-refractivity contribution in [2.75, 3.05) is 14.2 Å². The van der Waals surface area contributed by atoms with Crippen LogP contribution < -0.4 is 5.32 Å². The van der Waals surface area contributed by atoms with E-state index in [0.29, 0.717) is 24.3 Å². The van der Waals surface area contributed by atoms with Crippen LogP contribution in [0.5, 0.6) is 0 Å². The van der Waals surface area contributed by atoms with Gasteiger partial charge in [0.15, 0.2) is 0 Å². The van der Waals surface area contributed by atoms with Crippen LogP contribution in [0.1, 0.15) is 113 Å². The maximum absolute atomic E-state index is 14.2. The number of rotatable bonds is 10. The van der Waals surface area contributed by atoms with Crippen molar-refractivity contribution in [2.45, 2.75) is 121 Å². The third-order valence-electron chi connectivity index (χ3n) is 13.6. The number of likely N-dealkylation sites (tertiary alicyclic amines) is 2. The number of imidazole rings is 2. The van der Waals surface area contributed by atoms with Crippen molar-refractivity contribution in [3.63, 3.8) is 0 Å². The summed E-state index contributed by atoms with van der Waals surface area (Å²) in [6.07, 6.45) is 13.3. The highest BCUT2D eigenvalue weighted by atomic mass is 16.5. The highest BCUT2D eigenvalue weighted by Crippen LogP contribution is 2.49. The highest BCUT2D eigenvalue weighted by molar-refractivity contribution is 5.87. The monoisotopic (exact) mass is 759 g/mol. The minimum absolute atomic E-state index is 0.0231. The molecule has 294 valence electrons. The third-order valence-corrected chi connectivity index (χ3v) is 13.6. The molecule has 56 heavy (non-hydrogen) atoms. The Balaban J connectivity index is 0.929. The van der Waals surface area contributed by atoms with Crippen LogP contribution in [0.15, 0.2) is 48.8 Å². The van der Waals surface area contributed by atoms with Crippen molar-refractivity contribution >= 4 is 17.9 Å². The number of nitrogens with zero attached hydrogens (tertiary/aromatic N) is 4. The van der Waals surface area contributed by atoms with Crippen molar-refractivity contribution in [1.29, 1.82) is 0 Å². The quantitative estimate of drug-likeness (QED) is 0.134. The van der Waals surface area contributed by atoms with E-state index in [-0.39, 0.29) is 29.9 Å². The van der Waals surface area contributed by atoms with Crippen LogP contribution in [0.2, 0.25) is 0 Å². The van der Waals surface area contributed by atoms with Gasteiger partial charge in [-0.05, 0) is 116 Å². The number of aromatic nitrogens is 4. The van der Waals surface area contributed by atoms with Crippen LogP contribution in [0.4, 0.5) is 4.79 Å². The van der Waals surface area contributed by atoms with E-state index in [1.807, 2.05) is 17.3 Å². The Bertz CT molecular complexity index is 2140. The van der Waals surface area contributed by atoms with Gasteiger partial charge in [0.05, 0.1) is 49.1 Å². The number of methoxy groups -OCH3 is 2. The first-order valence-electron chi connectivity index (χ1n) is 20.6. The van der Waals surface area contributed by atoms with Gasteiger partial charge in [-0.15, -0.1) is 0 Å². The number of ether oxygens (including phenoxy) is 2. The third kappa shape index (κ3) is 6.30. The molecule has 2 aromatic heterocycles. The summed E-state index contributed by atoms with van der Waals surface area (Å²) in [5.74, 6) is 2.72. The van der Waals surface area contributed by atoms with Crippen LogP contribution in [-0.4, -0.2) is 86.1 Å². The molecular formula is C44H53N7O5. The zero-order valence-electron chi connectivity index (χ0n) is 32.8. The molecule has 0 spiro atoms. The Morgan fingerprint density at radius 2 is 1.38 bits per heavy atom. The molecule has 4 aromatic rings. The van der Waals surface area contributed by atoms with Crippen molar-refractivity contribution in [3.05, 3.63) is 71.6 Å². The van der Waals surface area contributed by atoms with E-state index in [9.17, 15) is 14.4 Å². The van der Waals surface area contributed by atoms with Crippen molar-refractivity contribution in [3.8, 4) is 33.6 Å². The summed E-state index contributed by atoms with van der Waals surface area (Å²) in [6.45, 7) is 3.86. The second-order valence-corrected chi connectivity index (χ2v) is 16.7. The average Bonchev–Trinajstić information content (AvgIpc) is 4.05. The largest absolute Gasteiger partial charge is 0.453 e. The number of fused-ring (bicyclic) bond motifs is 5. The smallest absolute Gasteiger partial charge is 0.407 e. The zero-order valence-corrected chi connectivity index (χ0v) is 32.8. The molecular weight excluding hydrogens is 707 g/mol. The summed E-state index contributed by atoms with van der Waals surface area (Å²) in [6, 6.07) is 12.6. The summed E-state index contributed by atoms with van der Waals surface area (Å²) < 4.78 is 10.4. The number of alkyl carbamates (subject to hydrolysis) is 1. The molecule has 2 unspecified atom stereocenters. The second-order valence-electron chi connectivity index (χ2n) is 16.7. The molecule has 4 fully saturated rings. The number of aromatic amines is 2. The maximum atomic E-state index is 14.2. The van der Waals surface area contributed by atoms with Gasteiger partial charge in [0, 0.05) is 25.6 Å². The molecule has 3 aliphatic carbocycles. The number of hydrogen-bond acceptors (Lipinski definition) is 7. The molecule has 12 heteroatoms. The normalized spacial score (nSPS) is 25.8. The Kier molecular flexibility index (Phi) is 9.71. The molecule has 0 bridgehead atoms. The molecule has 2 saturated heterocycles. The fourth-order valence-corrected chi connectivity index (χ4v) is 10.8. The van der Waals surface area contributed by atoms with Gasteiger partial charge in [0.1, 0.15) is 17.7 Å². The molecule has 2 saturated carbocycles. The molecule has 2 aromatic carbocycles. The molecule has 2 aliphatic heterocycles. The van der Waals surface area contributed by atoms with Crippen LogP contribution in [-0.2, 0) is 25.5 Å². The number of amides is 3. The summed E-state index contributed by atoms with van der Waals surface area (Å²) in [5.41, 5.74) is 9.05. The van der Waals surface area contributed by atoms with Gasteiger partial charge in [-0.3, -0.25) is 9.59 Å². The summed E-state index contributed by atoms with van der Waals surface area (Å²) in [7, 11) is 2.83. The van der Waals surface area contributed by atoms with Crippen LogP contribution in [0, 0.1) is 11.8 Å². The summed E-state index contributed by atoms with van der Waals surface area (Å²) >= 11 is 0. The lowest BCUT2D eigenvalue weighted by Gasteiger charge is -2.34. The predicted molar refractivity (Wildman–Crippen MR) is 211 cm³/mol. The van der Waals surface area contributed by atoms with Crippen molar-refractivity contribution in [2.24, 2.45) is 11.8 Å². The molecule has 3 amide bonds. The number of hydrogen-bond donors (Lipinski definition) is 3. The van der Waals surface area contributed by atoms with Gasteiger partial charge in [-0.25, -0.2) is 14.8 Å². The molecule has 12 nitrogen and oxygen atoms in total. The van der Waals surface area contributed by atoms with E-state index in [0.717, 1.165) is 85.5 Å². The van der Waals surface area contributed by atoms with Crippen molar-refractivity contribution < 1.29 is 23.9 Å². The first kappa shape index (κ1) is 36.7. The standard InChI is InChI=1S/C44H53N7O5/c1-5-8-39(52)50-35-11-6-9-27(35)20-37(50)41-45-22-33(47-41)25-13-15-31-29(17-25)19-30-18-26(14-16-32(30)31)34-23-46-42(48-34)38-21-28-10-7-12-36(28)51(38)43(53)40(24(2)55-3)49-44(54)56-4/h13-18,22-24,27-28,35-38,40H,5-12,19-21H2,1-4H3,(H,45,47)(H,46,48)(H,49,54)/t24-,27?,28+,35?,36+,37+,38+,40+/m1/s1. The Labute approximate surface area is 328 Å². The van der Waals surface area contributed by atoms with Crippen LogP contribution in [0.25, 0.3) is 33.6 Å². The van der Waals surface area contributed by atoms with Gasteiger partial charge in [-0.1, -0.05) is 44.0 Å². The molecule has 8 atom stereocenters. The molecule has 0 radical (unpaired) electrons. The van der Waals surface area contributed by atoms with E-state index in [2.05, 4.69) is 63.5 Å². The van der Waals surface area contributed by atoms with Gasteiger partial charge in [0.2, 0.25) is 11.8 Å². The SMILES string of the molecule is CCCC(=O)N1C2CCCC2C[C@H]1c1ncc(-c2ccc3c(c2)Cc2cc(-c4cnc([C@@H]5C[C@@H]6CCC[C@@H]6N5C(=O)[C@@H](NC(=O)OC)[C@@H](C)OC)[nH]4)ccc2-3)[nH]1. The minimum Gasteiger partial charge on any atom is -0.453 e. The van der Waals surface area contributed by atoms with Crippen LogP contribution >= 0.6 is 0 Å². The Morgan fingerprint density at radius 1 is 0.821 bits per heavy atom. The fraction of sp³-hybridized carbons (Fsp3) is 0.523. The summed E-state index contributed by atoms with van der Waals surface area (Å²) in [5, 5.41) is 2.72. The number of benzene rings is 2. The maximum Gasteiger partial charge on any atom is 0.407 e. The zero-order chi connectivity index (χ0) is 38.7. The van der Waals surface area contributed by atoms with E-state index >= 15 is 0 Å². The lowest BCUT2D eigenvalue weighted by Crippen LogP contribution is -2.55. The first-order chi connectivity index (χ1) is 27.3. The van der Waals surface area contributed by atoms with E-state index < -0.39 is 18.2 Å². The van der Waals surface area contributed by atoms with Gasteiger partial charge in [0.25, 0.3) is 0 Å². The van der Waals surface area contributed by atoms with Gasteiger partial charge in [-0.2, -0.15) is 0 Å². The molecule has 9 rings (SSSR count). The predicted octanol–water partition coefficient (Wildman–Crippen LogP) is 7.48. The van der Waals surface area contributed by atoms with Crippen molar-refractivity contribution in [1.82, 2.24) is 35.1 Å². The van der Waals surface area contributed by atoms with E-state index in [1.165, 1.54) is 49.3 Å². The first-order valence-corrected chi connectivity index (χ1v) is 20.6. The lowest BCUT2D eigenvalue weighted by atomic mass is 10.0. The fourth-order valence-electron chi connectivity index (χ4n) is 10.8. The van der Waals surface area contributed by atoms with Gasteiger partial charge >= 0.3 is 6.09 Å². The van der Waals surface area contributed by atoms with Crippen LogP contribution in [0.3, 0.4) is 0 Å². The number of nitrogens with one attached hydrogen (secondary N) is 3. The number of carbonyl (C=O) groups excluding carboxylic acids is 3. The second kappa shape index (κ2) is 14.8. The average molecular weight is 760 g/mol. The van der Waals surface area contributed by atoms with E-state index in [1.54, 1.807) is 6.92 Å². The lowest BCUT2D eigenvalue weighted by molar-refractivity contribution is -0.140. The minimum atomic E-state index is -0.878. The molecule has 3 N–H and O–H groups in total. The Morgan fingerprint density at radius 3 is 1.91 bits per heavy atom.